The van der Waals surface area contributed by atoms with Crippen LogP contribution in [-0.4, -0.2) is 18.5 Å². The van der Waals surface area contributed by atoms with Crippen molar-refractivity contribution in [2.45, 2.75) is 32.7 Å². The summed E-state index contributed by atoms with van der Waals surface area (Å²) in [7, 11) is 0. The van der Waals surface area contributed by atoms with Gasteiger partial charge in [0.05, 0.1) is 6.54 Å². The fourth-order valence-electron chi connectivity index (χ4n) is 2.31. The molecule has 0 heterocycles. The minimum Gasteiger partial charge on any atom is -0.376 e. The number of rotatable bonds is 6. The second-order valence-corrected chi connectivity index (χ2v) is 5.17. The Kier molecular flexibility index (Phi) is 4.99. The summed E-state index contributed by atoms with van der Waals surface area (Å²) in [6.07, 6.45) is 2.10. The number of anilines is 1. The van der Waals surface area contributed by atoms with E-state index in [-0.39, 0.29) is 11.9 Å². The molecule has 1 atom stereocenters. The van der Waals surface area contributed by atoms with Crippen LogP contribution < -0.4 is 10.6 Å². The van der Waals surface area contributed by atoms with E-state index in [1.54, 1.807) is 0 Å². The van der Waals surface area contributed by atoms with E-state index >= 15 is 0 Å². The molecule has 2 N–H and O–H groups in total. The number of hydrogen-bond acceptors (Lipinski definition) is 2. The van der Waals surface area contributed by atoms with E-state index < -0.39 is 0 Å². The quantitative estimate of drug-likeness (QED) is 0.842. The molecule has 0 saturated heterocycles. The molecule has 0 spiro atoms. The number of hydrogen-bond donors (Lipinski definition) is 2. The first-order chi connectivity index (χ1) is 9.69. The van der Waals surface area contributed by atoms with Crippen molar-refractivity contribution in [3.05, 3.63) is 42.5 Å². The molecule has 0 fully saturated rings. The van der Waals surface area contributed by atoms with E-state index in [1.165, 1.54) is 10.8 Å². The van der Waals surface area contributed by atoms with Gasteiger partial charge in [-0.3, -0.25) is 4.79 Å². The summed E-state index contributed by atoms with van der Waals surface area (Å²) in [5.74, 6) is 0.0408. The third kappa shape index (κ3) is 3.98. The van der Waals surface area contributed by atoms with Crippen molar-refractivity contribution in [2.24, 2.45) is 0 Å². The minimum absolute atomic E-state index is 0.0408. The molecule has 2 aromatic rings. The molecule has 0 aliphatic heterocycles. The minimum atomic E-state index is 0.0408. The molecule has 3 nitrogen and oxygen atoms in total. The highest BCUT2D eigenvalue weighted by Gasteiger charge is 2.06. The zero-order chi connectivity index (χ0) is 14.4. The van der Waals surface area contributed by atoms with Crippen molar-refractivity contribution in [3.63, 3.8) is 0 Å². The Morgan fingerprint density at radius 3 is 2.65 bits per heavy atom. The normalized spacial score (nSPS) is 12.1. The zero-order valence-electron chi connectivity index (χ0n) is 12.1. The monoisotopic (exact) mass is 270 g/mol. The second-order valence-electron chi connectivity index (χ2n) is 5.17. The van der Waals surface area contributed by atoms with Gasteiger partial charge in [-0.05, 0) is 36.2 Å². The van der Waals surface area contributed by atoms with Crippen LogP contribution in [0, 0.1) is 0 Å². The molecular weight excluding hydrogens is 248 g/mol. The summed E-state index contributed by atoms with van der Waals surface area (Å²) in [5, 5.41) is 8.54. The maximum atomic E-state index is 11.8. The van der Waals surface area contributed by atoms with Crippen molar-refractivity contribution >= 4 is 22.4 Å². The van der Waals surface area contributed by atoms with Gasteiger partial charge < -0.3 is 10.6 Å². The summed E-state index contributed by atoms with van der Waals surface area (Å²) >= 11 is 0. The summed E-state index contributed by atoms with van der Waals surface area (Å²) < 4.78 is 0. The molecule has 2 aromatic carbocycles. The first kappa shape index (κ1) is 14.4. The van der Waals surface area contributed by atoms with Gasteiger partial charge in [0.15, 0.2) is 0 Å². The topological polar surface area (TPSA) is 41.1 Å². The van der Waals surface area contributed by atoms with Gasteiger partial charge in [0, 0.05) is 11.7 Å². The molecule has 0 saturated carbocycles. The van der Waals surface area contributed by atoms with Crippen molar-refractivity contribution in [2.75, 3.05) is 11.9 Å². The smallest absolute Gasteiger partial charge is 0.239 e. The van der Waals surface area contributed by atoms with Crippen LogP contribution in [0.2, 0.25) is 0 Å². The standard InChI is InChI=1S/C17H22N2O/c1-3-6-13(2)19-17(20)12-18-16-10-9-14-7-4-5-8-15(14)11-16/h4-5,7-11,13,18H,3,6,12H2,1-2H3,(H,19,20). The summed E-state index contributed by atoms with van der Waals surface area (Å²) in [5.41, 5.74) is 0.974. The Morgan fingerprint density at radius 2 is 1.90 bits per heavy atom. The molecule has 0 aliphatic rings. The van der Waals surface area contributed by atoms with E-state index in [0.29, 0.717) is 6.54 Å². The fourth-order valence-corrected chi connectivity index (χ4v) is 2.31. The number of amides is 1. The molecule has 1 amide bonds. The average Bonchev–Trinajstić information content (AvgIpc) is 2.45. The number of carbonyl (C=O) groups is 1. The fraction of sp³-hybridized carbons (Fsp3) is 0.353. The molecule has 0 aromatic heterocycles. The van der Waals surface area contributed by atoms with Gasteiger partial charge in [-0.15, -0.1) is 0 Å². The lowest BCUT2D eigenvalue weighted by atomic mass is 10.1. The van der Waals surface area contributed by atoms with Crippen LogP contribution in [0.5, 0.6) is 0 Å². The molecule has 3 heteroatoms. The molecule has 2 rings (SSSR count). The first-order valence-corrected chi connectivity index (χ1v) is 7.21. The van der Waals surface area contributed by atoms with Gasteiger partial charge in [-0.1, -0.05) is 43.7 Å². The van der Waals surface area contributed by atoms with Gasteiger partial charge >= 0.3 is 0 Å². The van der Waals surface area contributed by atoms with Crippen LogP contribution in [-0.2, 0) is 4.79 Å². The largest absolute Gasteiger partial charge is 0.376 e. The van der Waals surface area contributed by atoms with Crippen LogP contribution in [0.25, 0.3) is 10.8 Å². The second kappa shape index (κ2) is 6.94. The number of fused-ring (bicyclic) bond motifs is 1. The zero-order valence-corrected chi connectivity index (χ0v) is 12.1. The Morgan fingerprint density at radius 1 is 1.15 bits per heavy atom. The van der Waals surface area contributed by atoms with Crippen molar-refractivity contribution in [3.8, 4) is 0 Å². The lowest BCUT2D eigenvalue weighted by Gasteiger charge is -2.13. The Labute approximate surface area is 120 Å². The third-order valence-electron chi connectivity index (χ3n) is 3.33. The van der Waals surface area contributed by atoms with Crippen molar-refractivity contribution in [1.29, 1.82) is 0 Å². The van der Waals surface area contributed by atoms with Crippen LogP contribution in [0.3, 0.4) is 0 Å². The summed E-state index contributed by atoms with van der Waals surface area (Å²) in [6, 6.07) is 14.6. The average molecular weight is 270 g/mol. The Hall–Kier alpha value is -2.03. The van der Waals surface area contributed by atoms with E-state index in [1.807, 2.05) is 25.1 Å². The number of nitrogens with one attached hydrogen (secondary N) is 2. The van der Waals surface area contributed by atoms with Gasteiger partial charge in [-0.2, -0.15) is 0 Å². The van der Waals surface area contributed by atoms with E-state index in [9.17, 15) is 4.79 Å². The molecule has 20 heavy (non-hydrogen) atoms. The van der Waals surface area contributed by atoms with Crippen molar-refractivity contribution in [1.82, 2.24) is 5.32 Å². The van der Waals surface area contributed by atoms with Gasteiger partial charge in [-0.25, -0.2) is 0 Å². The third-order valence-corrected chi connectivity index (χ3v) is 3.33. The number of carbonyl (C=O) groups excluding carboxylic acids is 1. The molecule has 0 bridgehead atoms. The SMILES string of the molecule is CCCC(C)NC(=O)CNc1ccc2ccccc2c1. The lowest BCUT2D eigenvalue weighted by Crippen LogP contribution is -2.36. The van der Waals surface area contributed by atoms with E-state index in [0.717, 1.165) is 18.5 Å². The highest BCUT2D eigenvalue weighted by atomic mass is 16.1. The van der Waals surface area contributed by atoms with E-state index in [2.05, 4.69) is 41.8 Å². The summed E-state index contributed by atoms with van der Waals surface area (Å²) in [4.78, 5) is 11.8. The lowest BCUT2D eigenvalue weighted by molar-refractivity contribution is -0.120. The van der Waals surface area contributed by atoms with E-state index in [4.69, 9.17) is 0 Å². The summed E-state index contributed by atoms with van der Waals surface area (Å²) in [6.45, 7) is 4.47. The Bertz CT molecular complexity index is 580. The molecule has 1 unspecified atom stereocenters. The maximum absolute atomic E-state index is 11.8. The highest BCUT2D eigenvalue weighted by molar-refractivity contribution is 5.87. The van der Waals surface area contributed by atoms with Gasteiger partial charge in [0.1, 0.15) is 0 Å². The molecular formula is C17H22N2O. The van der Waals surface area contributed by atoms with Gasteiger partial charge in [0.25, 0.3) is 0 Å². The Balaban J connectivity index is 1.90. The molecule has 0 aliphatic carbocycles. The molecule has 106 valence electrons. The van der Waals surface area contributed by atoms with Crippen LogP contribution in [0.15, 0.2) is 42.5 Å². The van der Waals surface area contributed by atoms with Crippen LogP contribution in [0.4, 0.5) is 5.69 Å². The van der Waals surface area contributed by atoms with Crippen molar-refractivity contribution < 1.29 is 4.79 Å². The highest BCUT2D eigenvalue weighted by Crippen LogP contribution is 2.18. The maximum Gasteiger partial charge on any atom is 0.239 e. The van der Waals surface area contributed by atoms with Gasteiger partial charge in [0.2, 0.25) is 5.91 Å². The van der Waals surface area contributed by atoms with Crippen LogP contribution in [0.1, 0.15) is 26.7 Å². The predicted octanol–water partition coefficient (Wildman–Crippen LogP) is 3.56. The van der Waals surface area contributed by atoms with Crippen LogP contribution >= 0.6 is 0 Å². The predicted molar refractivity (Wildman–Crippen MR) is 85.0 cm³/mol. The number of benzene rings is 2. The molecule has 0 radical (unpaired) electrons. The first-order valence-electron chi connectivity index (χ1n) is 7.21.